The summed E-state index contributed by atoms with van der Waals surface area (Å²) in [5.41, 5.74) is 2.28. The van der Waals surface area contributed by atoms with Gasteiger partial charge in [0.15, 0.2) is 0 Å². The highest BCUT2D eigenvalue weighted by molar-refractivity contribution is 9.09. The summed E-state index contributed by atoms with van der Waals surface area (Å²) < 4.78 is 0. The van der Waals surface area contributed by atoms with Crippen molar-refractivity contribution < 1.29 is 4.79 Å². The summed E-state index contributed by atoms with van der Waals surface area (Å²) in [6.07, 6.45) is 3.35. The SMILES string of the molecule is O=C1CC(Br)CN1CCc1ccnc2ccccc12. The molecule has 1 fully saturated rings. The van der Waals surface area contributed by atoms with E-state index < -0.39 is 0 Å². The van der Waals surface area contributed by atoms with Gasteiger partial charge in [0.25, 0.3) is 0 Å². The molecule has 1 atom stereocenters. The summed E-state index contributed by atoms with van der Waals surface area (Å²) in [4.78, 5) is 18.4. The number of halogens is 1. The molecule has 1 saturated heterocycles. The maximum Gasteiger partial charge on any atom is 0.223 e. The predicted octanol–water partition coefficient (Wildman–Crippen LogP) is 2.77. The van der Waals surface area contributed by atoms with Gasteiger partial charge in [0, 0.05) is 35.9 Å². The Labute approximate surface area is 120 Å². The van der Waals surface area contributed by atoms with Gasteiger partial charge in [0.05, 0.1) is 5.52 Å². The van der Waals surface area contributed by atoms with Gasteiger partial charge in [-0.25, -0.2) is 0 Å². The third kappa shape index (κ3) is 2.63. The van der Waals surface area contributed by atoms with Gasteiger partial charge < -0.3 is 4.90 Å². The van der Waals surface area contributed by atoms with E-state index in [0.717, 1.165) is 25.0 Å². The lowest BCUT2D eigenvalue weighted by Gasteiger charge is -2.16. The third-order valence-corrected chi connectivity index (χ3v) is 4.17. The number of benzene rings is 1. The standard InChI is InChI=1S/C15H15BrN2O/c16-12-9-15(19)18(10-12)8-6-11-5-7-17-14-4-2-1-3-13(11)14/h1-5,7,12H,6,8-10H2. The number of carbonyl (C=O) groups excluding carboxylic acids is 1. The Hall–Kier alpha value is -1.42. The van der Waals surface area contributed by atoms with Crippen LogP contribution in [0.2, 0.25) is 0 Å². The van der Waals surface area contributed by atoms with E-state index in [-0.39, 0.29) is 5.91 Å². The van der Waals surface area contributed by atoms with E-state index in [1.807, 2.05) is 29.3 Å². The number of pyridine rings is 1. The zero-order valence-corrected chi connectivity index (χ0v) is 12.1. The lowest BCUT2D eigenvalue weighted by atomic mass is 10.1. The smallest absolute Gasteiger partial charge is 0.223 e. The highest BCUT2D eigenvalue weighted by atomic mass is 79.9. The number of fused-ring (bicyclic) bond motifs is 1. The van der Waals surface area contributed by atoms with Crippen LogP contribution in [0.5, 0.6) is 0 Å². The first-order valence-corrected chi connectivity index (χ1v) is 7.40. The molecule has 2 aromatic rings. The fourth-order valence-electron chi connectivity index (χ4n) is 2.57. The topological polar surface area (TPSA) is 33.2 Å². The lowest BCUT2D eigenvalue weighted by molar-refractivity contribution is -0.127. The van der Waals surface area contributed by atoms with Crippen molar-refractivity contribution in [3.8, 4) is 0 Å². The zero-order chi connectivity index (χ0) is 13.2. The van der Waals surface area contributed by atoms with Crippen LogP contribution in [0.1, 0.15) is 12.0 Å². The fourth-order valence-corrected chi connectivity index (χ4v) is 3.20. The molecule has 1 aliphatic rings. The van der Waals surface area contributed by atoms with Gasteiger partial charge in [-0.2, -0.15) is 0 Å². The molecular formula is C15H15BrN2O. The van der Waals surface area contributed by atoms with Crippen LogP contribution in [0, 0.1) is 0 Å². The molecule has 2 heterocycles. The highest BCUT2D eigenvalue weighted by Crippen LogP contribution is 2.20. The van der Waals surface area contributed by atoms with Crippen LogP contribution in [-0.4, -0.2) is 33.7 Å². The Bertz CT molecular complexity index is 609. The molecule has 0 radical (unpaired) electrons. The maximum atomic E-state index is 11.8. The quantitative estimate of drug-likeness (QED) is 0.815. The number of alkyl halides is 1. The van der Waals surface area contributed by atoms with Crippen molar-refractivity contribution in [1.29, 1.82) is 0 Å². The van der Waals surface area contributed by atoms with Gasteiger partial charge >= 0.3 is 0 Å². The number of hydrogen-bond donors (Lipinski definition) is 0. The van der Waals surface area contributed by atoms with Crippen LogP contribution in [0.25, 0.3) is 10.9 Å². The van der Waals surface area contributed by atoms with Crippen molar-refractivity contribution in [2.75, 3.05) is 13.1 Å². The second kappa shape index (κ2) is 5.29. The number of rotatable bonds is 3. The van der Waals surface area contributed by atoms with Gasteiger partial charge in [-0.3, -0.25) is 9.78 Å². The van der Waals surface area contributed by atoms with Gasteiger partial charge in [-0.1, -0.05) is 34.1 Å². The molecule has 3 nitrogen and oxygen atoms in total. The number of likely N-dealkylation sites (tertiary alicyclic amines) is 1. The molecule has 1 amide bonds. The molecule has 0 aliphatic carbocycles. The molecule has 98 valence electrons. The van der Waals surface area contributed by atoms with Crippen molar-refractivity contribution in [2.24, 2.45) is 0 Å². The monoisotopic (exact) mass is 318 g/mol. The van der Waals surface area contributed by atoms with Crippen LogP contribution in [-0.2, 0) is 11.2 Å². The van der Waals surface area contributed by atoms with Crippen LogP contribution >= 0.6 is 15.9 Å². The second-order valence-electron chi connectivity index (χ2n) is 4.88. The van der Waals surface area contributed by atoms with Crippen molar-refractivity contribution >= 4 is 32.7 Å². The Kier molecular flexibility index (Phi) is 3.51. The van der Waals surface area contributed by atoms with Crippen molar-refractivity contribution in [2.45, 2.75) is 17.7 Å². The maximum absolute atomic E-state index is 11.8. The first-order valence-electron chi connectivity index (χ1n) is 6.48. The van der Waals surface area contributed by atoms with Crippen molar-refractivity contribution in [1.82, 2.24) is 9.88 Å². The molecule has 1 aromatic carbocycles. The summed E-state index contributed by atoms with van der Waals surface area (Å²) in [6, 6.07) is 10.2. The van der Waals surface area contributed by atoms with Gasteiger partial charge in [-0.05, 0) is 24.1 Å². The summed E-state index contributed by atoms with van der Waals surface area (Å²) >= 11 is 3.51. The van der Waals surface area contributed by atoms with E-state index in [4.69, 9.17) is 0 Å². The number of amides is 1. The van der Waals surface area contributed by atoms with Crippen molar-refractivity contribution in [3.63, 3.8) is 0 Å². The molecule has 1 unspecified atom stereocenters. The normalized spacial score (nSPS) is 19.3. The van der Waals surface area contributed by atoms with E-state index in [0.29, 0.717) is 11.2 Å². The van der Waals surface area contributed by atoms with E-state index in [2.05, 4.69) is 33.0 Å². The molecular weight excluding hydrogens is 304 g/mol. The molecule has 1 aromatic heterocycles. The zero-order valence-electron chi connectivity index (χ0n) is 10.6. The van der Waals surface area contributed by atoms with E-state index in [1.54, 1.807) is 0 Å². The minimum Gasteiger partial charge on any atom is -0.341 e. The number of hydrogen-bond acceptors (Lipinski definition) is 2. The summed E-state index contributed by atoms with van der Waals surface area (Å²) in [6.45, 7) is 1.61. The number of para-hydroxylation sites is 1. The summed E-state index contributed by atoms with van der Waals surface area (Å²) in [5.74, 6) is 0.250. The minimum absolute atomic E-state index is 0.250. The largest absolute Gasteiger partial charge is 0.341 e. The first kappa shape index (κ1) is 12.6. The molecule has 3 rings (SSSR count). The molecule has 1 aliphatic heterocycles. The molecule has 0 bridgehead atoms. The number of aromatic nitrogens is 1. The Balaban J connectivity index is 1.77. The lowest BCUT2D eigenvalue weighted by Crippen LogP contribution is -2.27. The van der Waals surface area contributed by atoms with Crippen LogP contribution in [0.15, 0.2) is 36.5 Å². The summed E-state index contributed by atoms with van der Waals surface area (Å²) in [7, 11) is 0. The molecule has 0 N–H and O–H groups in total. The Morgan fingerprint density at radius 2 is 2.16 bits per heavy atom. The van der Waals surface area contributed by atoms with Crippen LogP contribution in [0.3, 0.4) is 0 Å². The van der Waals surface area contributed by atoms with Crippen molar-refractivity contribution in [3.05, 3.63) is 42.1 Å². The van der Waals surface area contributed by atoms with E-state index >= 15 is 0 Å². The van der Waals surface area contributed by atoms with E-state index in [9.17, 15) is 4.79 Å². The summed E-state index contributed by atoms with van der Waals surface area (Å²) in [5, 5.41) is 1.19. The fraction of sp³-hybridized carbons (Fsp3) is 0.333. The van der Waals surface area contributed by atoms with Gasteiger partial charge in [0.2, 0.25) is 5.91 Å². The number of nitrogens with zero attached hydrogens (tertiary/aromatic N) is 2. The molecule has 4 heteroatoms. The average Bonchev–Trinajstić information content (AvgIpc) is 2.74. The predicted molar refractivity (Wildman–Crippen MR) is 79.4 cm³/mol. The molecule has 0 spiro atoms. The highest BCUT2D eigenvalue weighted by Gasteiger charge is 2.27. The van der Waals surface area contributed by atoms with Crippen LogP contribution in [0.4, 0.5) is 0 Å². The molecule has 19 heavy (non-hydrogen) atoms. The minimum atomic E-state index is 0.250. The van der Waals surface area contributed by atoms with Gasteiger partial charge in [-0.15, -0.1) is 0 Å². The first-order chi connectivity index (χ1) is 9.24. The molecule has 0 saturated carbocycles. The van der Waals surface area contributed by atoms with E-state index in [1.165, 1.54) is 10.9 Å². The third-order valence-electron chi connectivity index (χ3n) is 3.56. The second-order valence-corrected chi connectivity index (χ2v) is 6.17. The number of carbonyl (C=O) groups is 1. The van der Waals surface area contributed by atoms with Crippen LogP contribution < -0.4 is 0 Å². The van der Waals surface area contributed by atoms with Gasteiger partial charge in [0.1, 0.15) is 0 Å². The Morgan fingerprint density at radius 1 is 1.32 bits per heavy atom. The Morgan fingerprint density at radius 3 is 2.95 bits per heavy atom. The average molecular weight is 319 g/mol.